The SMILES string of the molecule is CCn1cc(C(=O)NCc2cccnc2)c(=O)c2cc(S(=O)(=O)N3CCC(C)CC3)ccc21. The number of nitrogens with zero attached hydrogens (tertiary/aromatic N) is 3. The van der Waals surface area contributed by atoms with Gasteiger partial charge in [0.15, 0.2) is 0 Å². The van der Waals surface area contributed by atoms with Crippen molar-refractivity contribution in [1.29, 1.82) is 0 Å². The van der Waals surface area contributed by atoms with Gasteiger partial charge in [-0.15, -0.1) is 0 Å². The summed E-state index contributed by atoms with van der Waals surface area (Å²) in [5, 5.41) is 2.97. The number of aryl methyl sites for hydroxylation is 1. The Bertz CT molecular complexity index is 1330. The second kappa shape index (κ2) is 9.44. The lowest BCUT2D eigenvalue weighted by Crippen LogP contribution is -2.38. The molecule has 1 aromatic carbocycles. The maximum absolute atomic E-state index is 13.3. The number of carbonyl (C=O) groups excluding carboxylic acids is 1. The molecule has 1 aliphatic heterocycles. The number of sulfonamides is 1. The van der Waals surface area contributed by atoms with E-state index in [1.165, 1.54) is 16.6 Å². The number of amides is 1. The lowest BCUT2D eigenvalue weighted by molar-refractivity contribution is 0.0949. The highest BCUT2D eigenvalue weighted by Gasteiger charge is 2.28. The number of rotatable bonds is 6. The molecule has 0 spiro atoms. The Labute approximate surface area is 193 Å². The Morgan fingerprint density at radius 3 is 2.64 bits per heavy atom. The van der Waals surface area contributed by atoms with Crippen LogP contribution < -0.4 is 10.7 Å². The molecular formula is C24H28N4O4S. The summed E-state index contributed by atoms with van der Waals surface area (Å²) in [6.07, 6.45) is 6.45. The zero-order valence-corrected chi connectivity index (χ0v) is 19.6. The fourth-order valence-corrected chi connectivity index (χ4v) is 5.61. The predicted octanol–water partition coefficient (Wildman–Crippen LogP) is 2.77. The van der Waals surface area contributed by atoms with E-state index in [9.17, 15) is 18.0 Å². The van der Waals surface area contributed by atoms with E-state index in [1.54, 1.807) is 35.2 Å². The fraction of sp³-hybridized carbons (Fsp3) is 0.375. The van der Waals surface area contributed by atoms with Crippen molar-refractivity contribution < 1.29 is 13.2 Å². The molecule has 1 N–H and O–H groups in total. The van der Waals surface area contributed by atoms with Gasteiger partial charge in [-0.1, -0.05) is 13.0 Å². The molecule has 1 aliphatic rings. The first-order chi connectivity index (χ1) is 15.8. The summed E-state index contributed by atoms with van der Waals surface area (Å²) in [7, 11) is -3.71. The van der Waals surface area contributed by atoms with Crippen molar-refractivity contribution in [2.75, 3.05) is 13.1 Å². The lowest BCUT2D eigenvalue weighted by atomic mass is 10.0. The summed E-state index contributed by atoms with van der Waals surface area (Å²) in [6.45, 7) is 5.72. The normalized spacial score (nSPS) is 15.6. The summed E-state index contributed by atoms with van der Waals surface area (Å²) in [5.74, 6) is -0.0104. The van der Waals surface area contributed by atoms with Gasteiger partial charge < -0.3 is 9.88 Å². The van der Waals surface area contributed by atoms with Crippen molar-refractivity contribution in [2.24, 2.45) is 5.92 Å². The standard InChI is InChI=1S/C24H28N4O4S/c1-3-27-16-21(24(30)26-15-18-5-4-10-25-14-18)23(29)20-13-19(6-7-22(20)27)33(31,32)28-11-8-17(2)9-12-28/h4-7,10,13-14,16-17H,3,8-9,11-12,15H2,1-2H3,(H,26,30). The summed E-state index contributed by atoms with van der Waals surface area (Å²) < 4.78 is 29.7. The summed E-state index contributed by atoms with van der Waals surface area (Å²) in [6, 6.07) is 8.21. The van der Waals surface area contributed by atoms with Crippen LogP contribution in [-0.4, -0.2) is 41.3 Å². The zero-order chi connectivity index (χ0) is 23.6. The highest BCUT2D eigenvalue weighted by Crippen LogP contribution is 2.25. The Morgan fingerprint density at radius 2 is 1.97 bits per heavy atom. The summed E-state index contributed by atoms with van der Waals surface area (Å²) in [5.41, 5.74) is 0.904. The highest BCUT2D eigenvalue weighted by molar-refractivity contribution is 7.89. The van der Waals surface area contributed by atoms with Gasteiger partial charge in [-0.3, -0.25) is 14.6 Å². The molecule has 9 heteroatoms. The minimum absolute atomic E-state index is 0.0189. The van der Waals surface area contributed by atoms with Crippen LogP contribution in [0.2, 0.25) is 0 Å². The molecule has 3 heterocycles. The third kappa shape index (κ3) is 4.69. The monoisotopic (exact) mass is 468 g/mol. The van der Waals surface area contributed by atoms with Gasteiger partial charge in [0, 0.05) is 50.2 Å². The molecule has 1 fully saturated rings. The minimum Gasteiger partial charge on any atom is -0.348 e. The molecule has 8 nitrogen and oxygen atoms in total. The number of hydrogen-bond acceptors (Lipinski definition) is 5. The average Bonchev–Trinajstić information content (AvgIpc) is 2.83. The lowest BCUT2D eigenvalue weighted by Gasteiger charge is -2.29. The second-order valence-electron chi connectivity index (χ2n) is 8.47. The van der Waals surface area contributed by atoms with E-state index >= 15 is 0 Å². The quantitative estimate of drug-likeness (QED) is 0.599. The van der Waals surface area contributed by atoms with Crippen molar-refractivity contribution in [3.05, 3.63) is 70.3 Å². The van der Waals surface area contributed by atoms with Crippen LogP contribution in [0.15, 0.2) is 58.6 Å². The van der Waals surface area contributed by atoms with Crippen LogP contribution in [0.25, 0.3) is 10.9 Å². The molecule has 0 saturated carbocycles. The predicted molar refractivity (Wildman–Crippen MR) is 126 cm³/mol. The van der Waals surface area contributed by atoms with Gasteiger partial charge in [-0.05, 0) is 55.5 Å². The Kier molecular flexibility index (Phi) is 6.62. The van der Waals surface area contributed by atoms with Crippen molar-refractivity contribution in [2.45, 2.75) is 44.7 Å². The van der Waals surface area contributed by atoms with E-state index in [0.717, 1.165) is 18.4 Å². The molecule has 4 rings (SSSR count). The molecule has 1 saturated heterocycles. The number of piperidine rings is 1. The van der Waals surface area contributed by atoms with Crippen LogP contribution in [0.4, 0.5) is 0 Å². The van der Waals surface area contributed by atoms with E-state index in [0.29, 0.717) is 31.1 Å². The molecule has 0 unspecified atom stereocenters. The van der Waals surface area contributed by atoms with E-state index in [2.05, 4.69) is 17.2 Å². The summed E-state index contributed by atoms with van der Waals surface area (Å²) in [4.78, 5) is 30.2. The number of pyridine rings is 2. The maximum atomic E-state index is 13.3. The van der Waals surface area contributed by atoms with Crippen LogP contribution >= 0.6 is 0 Å². The van der Waals surface area contributed by atoms with E-state index in [-0.39, 0.29) is 22.4 Å². The molecule has 0 bridgehead atoms. The minimum atomic E-state index is -3.71. The van der Waals surface area contributed by atoms with Crippen LogP contribution in [0.3, 0.4) is 0 Å². The largest absolute Gasteiger partial charge is 0.348 e. The Hall–Kier alpha value is -3.04. The molecule has 174 valence electrons. The van der Waals surface area contributed by atoms with Crippen molar-refractivity contribution in [3.8, 4) is 0 Å². The van der Waals surface area contributed by atoms with Crippen LogP contribution in [-0.2, 0) is 23.1 Å². The topological polar surface area (TPSA) is 101 Å². The third-order valence-corrected chi connectivity index (χ3v) is 8.09. The van der Waals surface area contributed by atoms with Gasteiger partial charge in [0.05, 0.1) is 10.4 Å². The Balaban J connectivity index is 1.70. The first-order valence-corrected chi connectivity index (χ1v) is 12.6. The number of fused-ring (bicyclic) bond motifs is 1. The van der Waals surface area contributed by atoms with E-state index < -0.39 is 21.4 Å². The van der Waals surface area contributed by atoms with Gasteiger partial charge in [0.25, 0.3) is 5.91 Å². The van der Waals surface area contributed by atoms with Crippen molar-refractivity contribution in [1.82, 2.24) is 19.2 Å². The number of benzene rings is 1. The van der Waals surface area contributed by atoms with E-state index in [1.807, 2.05) is 13.0 Å². The Morgan fingerprint density at radius 1 is 1.21 bits per heavy atom. The van der Waals surface area contributed by atoms with Crippen LogP contribution in [0, 0.1) is 5.92 Å². The van der Waals surface area contributed by atoms with Crippen molar-refractivity contribution in [3.63, 3.8) is 0 Å². The molecule has 2 aromatic heterocycles. The third-order valence-electron chi connectivity index (χ3n) is 6.19. The van der Waals surface area contributed by atoms with Gasteiger partial charge in [-0.25, -0.2) is 8.42 Å². The number of nitrogens with one attached hydrogen (secondary N) is 1. The maximum Gasteiger partial charge on any atom is 0.257 e. The molecule has 3 aromatic rings. The molecule has 0 aliphatic carbocycles. The molecule has 1 amide bonds. The molecule has 33 heavy (non-hydrogen) atoms. The van der Waals surface area contributed by atoms with E-state index in [4.69, 9.17) is 0 Å². The van der Waals surface area contributed by atoms with Crippen molar-refractivity contribution >= 4 is 26.8 Å². The smallest absolute Gasteiger partial charge is 0.257 e. The van der Waals surface area contributed by atoms with Crippen LogP contribution in [0.5, 0.6) is 0 Å². The number of hydrogen-bond donors (Lipinski definition) is 1. The van der Waals surface area contributed by atoms with Gasteiger partial charge in [-0.2, -0.15) is 4.31 Å². The van der Waals surface area contributed by atoms with Gasteiger partial charge in [0.1, 0.15) is 5.56 Å². The fourth-order valence-electron chi connectivity index (χ4n) is 4.11. The molecule has 0 radical (unpaired) electrons. The summed E-state index contributed by atoms with van der Waals surface area (Å²) >= 11 is 0. The average molecular weight is 469 g/mol. The number of aromatic nitrogens is 2. The molecule has 0 atom stereocenters. The number of carbonyl (C=O) groups is 1. The first kappa shape index (κ1) is 23.1. The van der Waals surface area contributed by atoms with Crippen LogP contribution in [0.1, 0.15) is 42.6 Å². The van der Waals surface area contributed by atoms with Gasteiger partial charge >= 0.3 is 0 Å². The molecular weight excluding hydrogens is 440 g/mol. The first-order valence-electron chi connectivity index (χ1n) is 11.2. The zero-order valence-electron chi connectivity index (χ0n) is 18.8. The highest BCUT2D eigenvalue weighted by atomic mass is 32.2. The second-order valence-corrected chi connectivity index (χ2v) is 10.4. The van der Waals surface area contributed by atoms with Gasteiger partial charge in [0.2, 0.25) is 15.5 Å².